The van der Waals surface area contributed by atoms with Crippen LogP contribution < -0.4 is 10.5 Å². The quantitative estimate of drug-likeness (QED) is 0.879. The number of rotatable bonds is 6. The summed E-state index contributed by atoms with van der Waals surface area (Å²) in [7, 11) is 3.37. The van der Waals surface area contributed by atoms with Gasteiger partial charge in [0.2, 0.25) is 0 Å². The van der Waals surface area contributed by atoms with E-state index >= 15 is 0 Å². The van der Waals surface area contributed by atoms with Gasteiger partial charge in [0, 0.05) is 17.6 Å². The van der Waals surface area contributed by atoms with E-state index in [9.17, 15) is 0 Å². The van der Waals surface area contributed by atoms with Crippen molar-refractivity contribution in [1.29, 1.82) is 0 Å². The van der Waals surface area contributed by atoms with Crippen LogP contribution in [0.2, 0.25) is 0 Å². The lowest BCUT2D eigenvalue weighted by molar-refractivity contribution is 0.0771. The Balaban J connectivity index is 2.82. The first-order chi connectivity index (χ1) is 8.12. The highest BCUT2D eigenvalue weighted by atomic mass is 79.9. The third-order valence-electron chi connectivity index (χ3n) is 2.88. The number of methoxy groups -OCH3 is 2. The number of halogens is 1. The van der Waals surface area contributed by atoms with Crippen LogP contribution >= 0.6 is 15.9 Å². The number of hydrogen-bond donors (Lipinski definition) is 1. The van der Waals surface area contributed by atoms with Crippen LogP contribution in [-0.2, 0) is 11.2 Å². The Labute approximate surface area is 111 Å². The Morgan fingerprint density at radius 3 is 2.59 bits per heavy atom. The van der Waals surface area contributed by atoms with Crippen LogP contribution in [0.4, 0.5) is 0 Å². The SMILES string of the molecule is CCC(OC)C(N)Cc1cc(Br)ccc1OC. The van der Waals surface area contributed by atoms with E-state index in [0.717, 1.165) is 28.6 Å². The fourth-order valence-corrected chi connectivity index (χ4v) is 2.34. The van der Waals surface area contributed by atoms with E-state index in [-0.39, 0.29) is 12.1 Å². The van der Waals surface area contributed by atoms with E-state index in [4.69, 9.17) is 15.2 Å². The minimum Gasteiger partial charge on any atom is -0.496 e. The predicted octanol–water partition coefficient (Wildman–Crippen LogP) is 2.75. The molecule has 1 rings (SSSR count). The molecule has 0 spiro atoms. The lowest BCUT2D eigenvalue weighted by Crippen LogP contribution is -2.37. The third-order valence-corrected chi connectivity index (χ3v) is 3.37. The summed E-state index contributed by atoms with van der Waals surface area (Å²) in [5, 5.41) is 0. The molecule has 0 aliphatic rings. The van der Waals surface area contributed by atoms with E-state index in [1.165, 1.54) is 0 Å². The Morgan fingerprint density at radius 1 is 1.35 bits per heavy atom. The summed E-state index contributed by atoms with van der Waals surface area (Å²) < 4.78 is 11.7. The molecule has 0 fully saturated rings. The van der Waals surface area contributed by atoms with Gasteiger partial charge in [0.25, 0.3) is 0 Å². The Morgan fingerprint density at radius 2 is 2.06 bits per heavy atom. The van der Waals surface area contributed by atoms with Gasteiger partial charge in [-0.25, -0.2) is 0 Å². The highest BCUT2D eigenvalue weighted by Gasteiger charge is 2.17. The second-order valence-electron chi connectivity index (χ2n) is 4.01. The van der Waals surface area contributed by atoms with Crippen molar-refractivity contribution in [3.8, 4) is 5.75 Å². The van der Waals surface area contributed by atoms with Crippen LogP contribution in [0, 0.1) is 0 Å². The summed E-state index contributed by atoms with van der Waals surface area (Å²) in [6.45, 7) is 2.08. The Kier molecular flexibility index (Phi) is 5.95. The molecule has 17 heavy (non-hydrogen) atoms. The molecule has 3 nitrogen and oxygen atoms in total. The molecule has 0 saturated carbocycles. The zero-order valence-corrected chi connectivity index (χ0v) is 12.2. The normalized spacial score (nSPS) is 14.4. The second kappa shape index (κ2) is 6.99. The maximum Gasteiger partial charge on any atom is 0.122 e. The molecule has 2 N–H and O–H groups in total. The predicted molar refractivity (Wildman–Crippen MR) is 73.5 cm³/mol. The van der Waals surface area contributed by atoms with Gasteiger partial charge in [-0.05, 0) is 36.6 Å². The van der Waals surface area contributed by atoms with Crippen LogP contribution in [0.25, 0.3) is 0 Å². The van der Waals surface area contributed by atoms with Crippen LogP contribution in [0.15, 0.2) is 22.7 Å². The van der Waals surface area contributed by atoms with E-state index in [1.54, 1.807) is 14.2 Å². The molecule has 0 aromatic heterocycles. The number of nitrogens with two attached hydrogens (primary N) is 1. The standard InChI is InChI=1S/C13H20BrNO2/c1-4-12(16-2)11(15)8-9-7-10(14)5-6-13(9)17-3/h5-7,11-12H,4,8,15H2,1-3H3. The Bertz CT molecular complexity index is 353. The van der Waals surface area contributed by atoms with E-state index < -0.39 is 0 Å². The molecule has 0 heterocycles. The lowest BCUT2D eigenvalue weighted by atomic mass is 10.00. The van der Waals surface area contributed by atoms with Crippen molar-refractivity contribution in [2.75, 3.05) is 14.2 Å². The van der Waals surface area contributed by atoms with Crippen LogP contribution in [0.1, 0.15) is 18.9 Å². The van der Waals surface area contributed by atoms with Crippen molar-refractivity contribution in [3.05, 3.63) is 28.2 Å². The van der Waals surface area contributed by atoms with E-state index in [1.807, 2.05) is 18.2 Å². The summed E-state index contributed by atoms with van der Waals surface area (Å²) in [6.07, 6.45) is 1.74. The topological polar surface area (TPSA) is 44.5 Å². The maximum atomic E-state index is 6.15. The van der Waals surface area contributed by atoms with Crippen molar-refractivity contribution in [3.63, 3.8) is 0 Å². The Hall–Kier alpha value is -0.580. The largest absolute Gasteiger partial charge is 0.496 e. The van der Waals surface area contributed by atoms with Gasteiger partial charge in [-0.2, -0.15) is 0 Å². The molecule has 2 unspecified atom stereocenters. The fraction of sp³-hybridized carbons (Fsp3) is 0.538. The number of hydrogen-bond acceptors (Lipinski definition) is 3. The molecule has 0 amide bonds. The molecule has 0 aliphatic heterocycles. The molecule has 1 aromatic rings. The monoisotopic (exact) mass is 301 g/mol. The van der Waals surface area contributed by atoms with Crippen LogP contribution in [0.5, 0.6) is 5.75 Å². The van der Waals surface area contributed by atoms with Gasteiger partial charge in [0.05, 0.1) is 13.2 Å². The van der Waals surface area contributed by atoms with Crippen molar-refractivity contribution in [1.82, 2.24) is 0 Å². The molecule has 2 atom stereocenters. The molecular weight excluding hydrogens is 282 g/mol. The minimum absolute atomic E-state index is 0.0202. The van der Waals surface area contributed by atoms with Gasteiger partial charge in [-0.1, -0.05) is 22.9 Å². The van der Waals surface area contributed by atoms with Gasteiger partial charge in [-0.15, -0.1) is 0 Å². The van der Waals surface area contributed by atoms with Crippen LogP contribution in [-0.4, -0.2) is 26.4 Å². The first-order valence-electron chi connectivity index (χ1n) is 5.73. The molecule has 1 aromatic carbocycles. The molecular formula is C13H20BrNO2. The average molecular weight is 302 g/mol. The molecule has 0 saturated heterocycles. The van der Waals surface area contributed by atoms with Crippen molar-refractivity contribution in [2.45, 2.75) is 31.9 Å². The summed E-state index contributed by atoms with van der Waals surface area (Å²) in [5.41, 5.74) is 7.25. The van der Waals surface area contributed by atoms with Crippen molar-refractivity contribution in [2.24, 2.45) is 5.73 Å². The van der Waals surface area contributed by atoms with Gasteiger partial charge in [-0.3, -0.25) is 0 Å². The molecule has 0 bridgehead atoms. The summed E-state index contributed by atoms with van der Waals surface area (Å²) in [5.74, 6) is 0.870. The number of ether oxygens (including phenoxy) is 2. The van der Waals surface area contributed by atoms with Gasteiger partial charge < -0.3 is 15.2 Å². The molecule has 0 aliphatic carbocycles. The summed E-state index contributed by atoms with van der Waals surface area (Å²) in [6, 6.07) is 5.93. The zero-order chi connectivity index (χ0) is 12.8. The van der Waals surface area contributed by atoms with Crippen LogP contribution in [0.3, 0.4) is 0 Å². The van der Waals surface area contributed by atoms with Crippen molar-refractivity contribution < 1.29 is 9.47 Å². The third kappa shape index (κ3) is 3.98. The fourth-order valence-electron chi connectivity index (χ4n) is 1.94. The summed E-state index contributed by atoms with van der Waals surface area (Å²) in [4.78, 5) is 0. The minimum atomic E-state index is -0.0202. The average Bonchev–Trinajstić information content (AvgIpc) is 2.31. The molecule has 4 heteroatoms. The smallest absolute Gasteiger partial charge is 0.122 e. The van der Waals surface area contributed by atoms with Gasteiger partial charge in [0.1, 0.15) is 5.75 Å². The lowest BCUT2D eigenvalue weighted by Gasteiger charge is -2.22. The maximum absolute atomic E-state index is 6.15. The molecule has 0 radical (unpaired) electrons. The van der Waals surface area contributed by atoms with E-state index in [0.29, 0.717) is 0 Å². The first-order valence-corrected chi connectivity index (χ1v) is 6.52. The zero-order valence-electron chi connectivity index (χ0n) is 10.6. The van der Waals surface area contributed by atoms with Gasteiger partial charge >= 0.3 is 0 Å². The summed E-state index contributed by atoms with van der Waals surface area (Å²) >= 11 is 3.46. The number of benzene rings is 1. The first kappa shape index (κ1) is 14.5. The van der Waals surface area contributed by atoms with Crippen molar-refractivity contribution >= 4 is 15.9 Å². The highest BCUT2D eigenvalue weighted by molar-refractivity contribution is 9.10. The molecule has 96 valence electrons. The second-order valence-corrected chi connectivity index (χ2v) is 4.92. The van der Waals surface area contributed by atoms with Gasteiger partial charge in [0.15, 0.2) is 0 Å². The highest BCUT2D eigenvalue weighted by Crippen LogP contribution is 2.24. The van der Waals surface area contributed by atoms with E-state index in [2.05, 4.69) is 22.9 Å².